The van der Waals surface area contributed by atoms with Gasteiger partial charge in [0.15, 0.2) is 5.60 Å². The highest BCUT2D eigenvalue weighted by Gasteiger charge is 2.60. The molecule has 2 bridgehead atoms. The minimum Gasteiger partial charge on any atom is -0.449 e. The standard InChI is InChI=1S/C12H13NO2/c14-11-6-8-3-4-9-7-12(8,15-11)10-2-1-5-13(9)10/h3-4,6,9-10H,1-2,5,7H2/t9-,10?,12?/m1/s1. The summed E-state index contributed by atoms with van der Waals surface area (Å²) in [5.41, 5.74) is 0.839. The summed E-state index contributed by atoms with van der Waals surface area (Å²) in [4.78, 5) is 13.9. The van der Waals surface area contributed by atoms with Gasteiger partial charge in [0.05, 0.1) is 6.04 Å². The second kappa shape index (κ2) is 2.35. The molecule has 78 valence electrons. The Kier molecular flexibility index (Phi) is 1.27. The Balaban J connectivity index is 1.89. The highest BCUT2D eigenvalue weighted by Crippen LogP contribution is 2.51. The molecule has 1 spiro atoms. The van der Waals surface area contributed by atoms with Crippen molar-refractivity contribution in [2.45, 2.75) is 36.9 Å². The van der Waals surface area contributed by atoms with E-state index in [-0.39, 0.29) is 11.6 Å². The maximum atomic E-state index is 11.4. The van der Waals surface area contributed by atoms with E-state index in [9.17, 15) is 4.79 Å². The van der Waals surface area contributed by atoms with E-state index in [2.05, 4.69) is 17.1 Å². The molecule has 2 unspecified atom stereocenters. The fraction of sp³-hybridized carbons (Fsp3) is 0.583. The molecule has 4 aliphatic rings. The topological polar surface area (TPSA) is 29.5 Å². The van der Waals surface area contributed by atoms with Gasteiger partial charge in [-0.15, -0.1) is 0 Å². The number of esters is 1. The summed E-state index contributed by atoms with van der Waals surface area (Å²) in [6.45, 7) is 1.16. The van der Waals surface area contributed by atoms with E-state index in [0.717, 1.165) is 18.5 Å². The number of hydrogen-bond donors (Lipinski definition) is 0. The van der Waals surface area contributed by atoms with E-state index in [1.54, 1.807) is 6.08 Å². The van der Waals surface area contributed by atoms with Crippen LogP contribution in [0.2, 0.25) is 0 Å². The van der Waals surface area contributed by atoms with Crippen LogP contribution in [0.5, 0.6) is 0 Å². The average molecular weight is 203 g/mol. The largest absolute Gasteiger partial charge is 0.449 e. The van der Waals surface area contributed by atoms with Crippen LogP contribution in [0.3, 0.4) is 0 Å². The smallest absolute Gasteiger partial charge is 0.332 e. The van der Waals surface area contributed by atoms with Crippen LogP contribution in [0.15, 0.2) is 23.8 Å². The Hall–Kier alpha value is -1.09. The van der Waals surface area contributed by atoms with Crippen molar-refractivity contribution in [1.82, 2.24) is 4.90 Å². The Morgan fingerprint density at radius 3 is 3.40 bits per heavy atom. The molecule has 3 heterocycles. The van der Waals surface area contributed by atoms with Gasteiger partial charge in [0, 0.05) is 24.1 Å². The van der Waals surface area contributed by atoms with E-state index in [1.165, 1.54) is 12.8 Å². The predicted molar refractivity (Wildman–Crippen MR) is 54.2 cm³/mol. The Morgan fingerprint density at radius 1 is 1.53 bits per heavy atom. The number of nitrogens with zero attached hydrogens (tertiary/aromatic N) is 1. The summed E-state index contributed by atoms with van der Waals surface area (Å²) in [5, 5.41) is 0. The van der Waals surface area contributed by atoms with E-state index in [4.69, 9.17) is 4.74 Å². The molecule has 1 aliphatic carbocycles. The van der Waals surface area contributed by atoms with Crippen molar-refractivity contribution < 1.29 is 9.53 Å². The number of fused-ring (bicyclic) bond motifs is 3. The molecule has 0 aromatic carbocycles. The average Bonchev–Trinajstić information content (AvgIpc) is 2.82. The molecular weight excluding hydrogens is 190 g/mol. The van der Waals surface area contributed by atoms with Gasteiger partial charge < -0.3 is 4.74 Å². The third-order valence-electron chi connectivity index (χ3n) is 4.31. The fourth-order valence-electron chi connectivity index (χ4n) is 3.77. The number of ether oxygens (including phenoxy) is 1. The summed E-state index contributed by atoms with van der Waals surface area (Å²) >= 11 is 0. The Morgan fingerprint density at radius 2 is 2.47 bits per heavy atom. The molecule has 0 radical (unpaired) electrons. The SMILES string of the molecule is O=C1C=C2C=C[C@@H]3CC2(O1)C1CCCN13. The molecule has 0 aromatic heterocycles. The summed E-state index contributed by atoms with van der Waals surface area (Å²) in [7, 11) is 0. The Labute approximate surface area is 88.4 Å². The van der Waals surface area contributed by atoms with Crippen molar-refractivity contribution in [2.75, 3.05) is 6.54 Å². The number of hydrogen-bond acceptors (Lipinski definition) is 3. The summed E-state index contributed by atoms with van der Waals surface area (Å²) < 4.78 is 5.63. The number of rotatable bonds is 0. The van der Waals surface area contributed by atoms with Crippen LogP contribution in [0.25, 0.3) is 0 Å². The van der Waals surface area contributed by atoms with Crippen LogP contribution in [-0.2, 0) is 9.53 Å². The predicted octanol–water partition coefficient (Wildman–Crippen LogP) is 1.01. The molecule has 2 fully saturated rings. The number of carbonyl (C=O) groups is 1. The van der Waals surface area contributed by atoms with Gasteiger partial charge in [-0.1, -0.05) is 12.2 Å². The molecule has 15 heavy (non-hydrogen) atoms. The van der Waals surface area contributed by atoms with Crippen LogP contribution in [-0.4, -0.2) is 35.1 Å². The van der Waals surface area contributed by atoms with Gasteiger partial charge in [0.1, 0.15) is 0 Å². The lowest BCUT2D eigenvalue weighted by Crippen LogP contribution is -2.42. The maximum absolute atomic E-state index is 11.4. The zero-order chi connectivity index (χ0) is 10.0. The first-order valence-corrected chi connectivity index (χ1v) is 5.69. The van der Waals surface area contributed by atoms with E-state index in [1.807, 2.05) is 0 Å². The molecule has 0 amide bonds. The van der Waals surface area contributed by atoms with Gasteiger partial charge in [-0.25, -0.2) is 4.79 Å². The first-order valence-electron chi connectivity index (χ1n) is 5.69. The molecular formula is C12H13NO2. The van der Waals surface area contributed by atoms with Crippen LogP contribution < -0.4 is 0 Å². The third-order valence-corrected chi connectivity index (χ3v) is 4.31. The van der Waals surface area contributed by atoms with E-state index >= 15 is 0 Å². The first kappa shape index (κ1) is 8.11. The van der Waals surface area contributed by atoms with Gasteiger partial charge in [-0.3, -0.25) is 4.90 Å². The lowest BCUT2D eigenvalue weighted by molar-refractivity contribution is -0.147. The molecule has 3 nitrogen and oxygen atoms in total. The monoisotopic (exact) mass is 203 g/mol. The lowest BCUT2D eigenvalue weighted by Gasteiger charge is -2.31. The van der Waals surface area contributed by atoms with Crippen molar-refractivity contribution in [3.05, 3.63) is 23.8 Å². The summed E-state index contributed by atoms with van der Waals surface area (Å²) in [6.07, 6.45) is 9.39. The van der Waals surface area contributed by atoms with Gasteiger partial charge in [-0.2, -0.15) is 0 Å². The van der Waals surface area contributed by atoms with Crippen LogP contribution in [0, 0.1) is 0 Å². The quantitative estimate of drug-likeness (QED) is 0.550. The third kappa shape index (κ3) is 0.797. The van der Waals surface area contributed by atoms with Gasteiger partial charge in [0.25, 0.3) is 0 Å². The second-order valence-corrected chi connectivity index (χ2v) is 4.94. The van der Waals surface area contributed by atoms with Crippen LogP contribution >= 0.6 is 0 Å². The zero-order valence-corrected chi connectivity index (χ0v) is 8.48. The van der Waals surface area contributed by atoms with Crippen molar-refractivity contribution in [2.24, 2.45) is 0 Å². The molecule has 3 atom stereocenters. The lowest BCUT2D eigenvalue weighted by atomic mass is 9.81. The number of carbonyl (C=O) groups excluding carboxylic acids is 1. The van der Waals surface area contributed by atoms with Gasteiger partial charge in [0.2, 0.25) is 0 Å². The fourth-order valence-corrected chi connectivity index (χ4v) is 3.77. The minimum absolute atomic E-state index is 0.149. The molecule has 2 saturated heterocycles. The molecule has 4 rings (SSSR count). The van der Waals surface area contributed by atoms with Crippen molar-refractivity contribution in [3.63, 3.8) is 0 Å². The van der Waals surface area contributed by atoms with Crippen LogP contribution in [0.4, 0.5) is 0 Å². The van der Waals surface area contributed by atoms with Gasteiger partial charge >= 0.3 is 5.97 Å². The van der Waals surface area contributed by atoms with Crippen molar-refractivity contribution >= 4 is 5.97 Å². The Bertz CT molecular complexity index is 412. The zero-order valence-electron chi connectivity index (χ0n) is 8.48. The van der Waals surface area contributed by atoms with Crippen LogP contribution in [0.1, 0.15) is 19.3 Å². The van der Waals surface area contributed by atoms with E-state index in [0.29, 0.717) is 12.1 Å². The maximum Gasteiger partial charge on any atom is 0.332 e. The normalized spacial score (nSPS) is 46.4. The molecule has 0 aromatic rings. The molecule has 0 saturated carbocycles. The van der Waals surface area contributed by atoms with Gasteiger partial charge in [-0.05, 0) is 19.4 Å². The highest BCUT2D eigenvalue weighted by atomic mass is 16.6. The van der Waals surface area contributed by atoms with E-state index < -0.39 is 0 Å². The molecule has 3 aliphatic heterocycles. The minimum atomic E-state index is -0.271. The van der Waals surface area contributed by atoms with Crippen molar-refractivity contribution in [1.29, 1.82) is 0 Å². The molecule has 0 N–H and O–H groups in total. The first-order chi connectivity index (χ1) is 7.29. The second-order valence-electron chi connectivity index (χ2n) is 4.94. The highest BCUT2D eigenvalue weighted by molar-refractivity contribution is 5.88. The summed E-state index contributed by atoms with van der Waals surface area (Å²) in [6, 6.07) is 0.941. The van der Waals surface area contributed by atoms with Crippen molar-refractivity contribution in [3.8, 4) is 0 Å². The molecule has 3 heteroatoms. The summed E-state index contributed by atoms with van der Waals surface area (Å²) in [5.74, 6) is -0.149.